The van der Waals surface area contributed by atoms with Gasteiger partial charge in [-0.05, 0) is 42.5 Å². The lowest BCUT2D eigenvalue weighted by Gasteiger charge is -2.25. The lowest BCUT2D eigenvalue weighted by molar-refractivity contribution is -0.142. The number of aliphatic carboxylic acids is 2. The van der Waals surface area contributed by atoms with E-state index < -0.39 is 53.8 Å². The van der Waals surface area contributed by atoms with Crippen molar-refractivity contribution >= 4 is 35.6 Å². The molecule has 0 heterocycles. The van der Waals surface area contributed by atoms with E-state index >= 15 is 0 Å². The predicted molar refractivity (Wildman–Crippen MR) is 160 cm³/mol. The summed E-state index contributed by atoms with van der Waals surface area (Å²) < 4.78 is 0. The zero-order valence-electron chi connectivity index (χ0n) is 24.0. The first-order chi connectivity index (χ1) is 20.8. The number of aromatic hydroxyl groups is 1. The van der Waals surface area contributed by atoms with Crippen LogP contribution in [0, 0.1) is 0 Å². The first-order valence-electron chi connectivity index (χ1n) is 13.8. The predicted octanol–water partition coefficient (Wildman–Crippen LogP) is -1.04. The van der Waals surface area contributed by atoms with E-state index in [0.717, 1.165) is 0 Å². The molecule has 2 aromatic carbocycles. The van der Waals surface area contributed by atoms with Gasteiger partial charge in [-0.2, -0.15) is 0 Å². The van der Waals surface area contributed by atoms with Gasteiger partial charge < -0.3 is 48.5 Å². The van der Waals surface area contributed by atoms with E-state index in [2.05, 4.69) is 20.9 Å². The highest BCUT2D eigenvalue weighted by molar-refractivity contribution is 5.94. The first kappa shape index (κ1) is 35.0. The van der Waals surface area contributed by atoms with Gasteiger partial charge in [-0.25, -0.2) is 4.79 Å². The fourth-order valence-corrected chi connectivity index (χ4v) is 4.13. The number of hydrogen-bond donors (Lipinski definition) is 9. The number of phenolic OH excluding ortho intramolecular Hbond substituents is 1. The van der Waals surface area contributed by atoms with Gasteiger partial charge in [0.15, 0.2) is 5.96 Å². The third-order valence-electron chi connectivity index (χ3n) is 6.49. The number of benzene rings is 2. The molecule has 0 aliphatic heterocycles. The molecule has 0 bridgehead atoms. The standard InChI is InChI=1S/C29H39N7O8/c30-20(12-13-24(38)39)25(40)35-22(15-18-8-10-19(37)11-9-18)27(42)34-21(7-4-14-33-29(31)32)26(41)36-23(28(43)44)16-17-5-2-1-3-6-17/h1-3,5-6,8-11,20-23,37H,4,7,12-16,30H2,(H,34,42)(H,35,40)(H,36,41)(H,38,39)(H,43,44)(H4,31,32,33). The number of nitrogens with zero attached hydrogens (tertiary/aromatic N) is 1. The molecule has 0 fully saturated rings. The van der Waals surface area contributed by atoms with E-state index in [0.29, 0.717) is 11.1 Å². The first-order valence-corrected chi connectivity index (χ1v) is 13.8. The number of nitrogens with two attached hydrogens (primary N) is 3. The highest BCUT2D eigenvalue weighted by Crippen LogP contribution is 2.13. The fourth-order valence-electron chi connectivity index (χ4n) is 4.13. The van der Waals surface area contributed by atoms with Crippen LogP contribution in [0.5, 0.6) is 5.75 Å². The monoisotopic (exact) mass is 613 g/mol. The number of carbonyl (C=O) groups is 5. The molecule has 0 aliphatic carbocycles. The minimum Gasteiger partial charge on any atom is -0.508 e. The molecule has 2 rings (SSSR count). The lowest BCUT2D eigenvalue weighted by atomic mass is 10.0. The number of carboxylic acids is 2. The third-order valence-corrected chi connectivity index (χ3v) is 6.49. The van der Waals surface area contributed by atoms with E-state index in [4.69, 9.17) is 22.3 Å². The highest BCUT2D eigenvalue weighted by atomic mass is 16.4. The van der Waals surface area contributed by atoms with Crippen molar-refractivity contribution in [2.24, 2.45) is 22.2 Å². The number of carbonyl (C=O) groups excluding carboxylic acids is 3. The van der Waals surface area contributed by atoms with Crippen molar-refractivity contribution in [3.05, 3.63) is 65.7 Å². The molecule has 0 aliphatic rings. The zero-order valence-corrected chi connectivity index (χ0v) is 24.0. The van der Waals surface area contributed by atoms with Crippen LogP contribution >= 0.6 is 0 Å². The van der Waals surface area contributed by atoms with E-state index in [1.54, 1.807) is 30.3 Å². The van der Waals surface area contributed by atoms with Crippen LogP contribution in [0.3, 0.4) is 0 Å². The Labute approximate surface area is 253 Å². The van der Waals surface area contributed by atoms with Crippen molar-refractivity contribution in [1.82, 2.24) is 16.0 Å². The number of amides is 3. The summed E-state index contributed by atoms with van der Waals surface area (Å²) in [4.78, 5) is 66.4. The smallest absolute Gasteiger partial charge is 0.326 e. The zero-order chi connectivity index (χ0) is 32.6. The van der Waals surface area contributed by atoms with Crippen molar-refractivity contribution < 1.29 is 39.3 Å². The van der Waals surface area contributed by atoms with Crippen molar-refractivity contribution in [2.75, 3.05) is 6.54 Å². The molecule has 2 aromatic rings. The molecule has 0 saturated heterocycles. The Morgan fingerprint density at radius 3 is 1.86 bits per heavy atom. The molecule has 3 amide bonds. The Morgan fingerprint density at radius 2 is 1.27 bits per heavy atom. The average Bonchev–Trinajstić information content (AvgIpc) is 2.97. The van der Waals surface area contributed by atoms with Crippen LogP contribution in [-0.4, -0.2) is 81.7 Å². The van der Waals surface area contributed by atoms with Gasteiger partial charge in [0.25, 0.3) is 0 Å². The molecule has 0 radical (unpaired) electrons. The highest BCUT2D eigenvalue weighted by Gasteiger charge is 2.30. The molecule has 0 saturated carbocycles. The molecule has 15 nitrogen and oxygen atoms in total. The van der Waals surface area contributed by atoms with Gasteiger partial charge in [0.1, 0.15) is 23.9 Å². The summed E-state index contributed by atoms with van der Waals surface area (Å²) in [6.45, 7) is 0.125. The van der Waals surface area contributed by atoms with Crippen molar-refractivity contribution in [2.45, 2.75) is 62.7 Å². The van der Waals surface area contributed by atoms with Crippen LogP contribution in [0.15, 0.2) is 59.6 Å². The molecule has 4 unspecified atom stereocenters. The van der Waals surface area contributed by atoms with Crippen LogP contribution in [0.4, 0.5) is 0 Å². The van der Waals surface area contributed by atoms with Crippen LogP contribution in [0.2, 0.25) is 0 Å². The Hall–Kier alpha value is -5.18. The largest absolute Gasteiger partial charge is 0.508 e. The Kier molecular flexibility index (Phi) is 14.1. The Bertz CT molecular complexity index is 1300. The minimum atomic E-state index is -1.30. The number of hydrogen-bond acceptors (Lipinski definition) is 8. The van der Waals surface area contributed by atoms with Crippen molar-refractivity contribution in [3.8, 4) is 5.75 Å². The number of rotatable bonds is 18. The van der Waals surface area contributed by atoms with Crippen molar-refractivity contribution in [3.63, 3.8) is 0 Å². The summed E-state index contributed by atoms with van der Waals surface area (Å²) in [7, 11) is 0. The maximum Gasteiger partial charge on any atom is 0.326 e. The maximum absolute atomic E-state index is 13.5. The number of carboxylic acid groups (broad SMARTS) is 2. The van der Waals surface area contributed by atoms with Crippen LogP contribution in [-0.2, 0) is 36.8 Å². The molecule has 12 N–H and O–H groups in total. The summed E-state index contributed by atoms with van der Waals surface area (Å²) in [5.74, 6) is -4.95. The number of nitrogens with one attached hydrogen (secondary N) is 3. The van der Waals surface area contributed by atoms with E-state index in [1.807, 2.05) is 0 Å². The normalized spacial score (nSPS) is 13.4. The number of aliphatic imine (C=N–C) groups is 1. The average molecular weight is 614 g/mol. The summed E-state index contributed by atoms with van der Waals surface area (Å²) in [6.07, 6.45) is -0.370. The Balaban J connectivity index is 2.27. The van der Waals surface area contributed by atoms with Gasteiger partial charge in [0.2, 0.25) is 17.7 Å². The summed E-state index contributed by atoms with van der Waals surface area (Å²) in [6, 6.07) is 9.49. The second kappa shape index (κ2) is 17.7. The molecule has 4 atom stereocenters. The fraction of sp³-hybridized carbons (Fsp3) is 0.379. The topological polar surface area (TPSA) is 273 Å². The maximum atomic E-state index is 13.5. The molecular weight excluding hydrogens is 574 g/mol. The van der Waals surface area contributed by atoms with Crippen molar-refractivity contribution in [1.29, 1.82) is 0 Å². The molecule has 238 valence electrons. The molecular formula is C29H39N7O8. The third kappa shape index (κ3) is 12.8. The van der Waals surface area contributed by atoms with Crippen LogP contribution in [0.25, 0.3) is 0 Å². The number of phenols is 1. The van der Waals surface area contributed by atoms with Gasteiger partial charge in [-0.15, -0.1) is 0 Å². The van der Waals surface area contributed by atoms with E-state index in [1.165, 1.54) is 24.3 Å². The summed E-state index contributed by atoms with van der Waals surface area (Å²) in [5.41, 5.74) is 17.8. The molecule has 15 heteroatoms. The summed E-state index contributed by atoms with van der Waals surface area (Å²) in [5, 5.41) is 35.9. The number of guanidine groups is 1. The van der Waals surface area contributed by atoms with Gasteiger partial charge >= 0.3 is 11.9 Å². The van der Waals surface area contributed by atoms with Gasteiger partial charge in [0, 0.05) is 25.8 Å². The van der Waals surface area contributed by atoms with Gasteiger partial charge in [0.05, 0.1) is 6.04 Å². The SMILES string of the molecule is NC(N)=NCCCC(NC(=O)C(Cc1ccc(O)cc1)NC(=O)C(N)CCC(=O)O)C(=O)NC(Cc1ccccc1)C(=O)O. The lowest BCUT2D eigenvalue weighted by Crippen LogP contribution is -2.57. The van der Waals surface area contributed by atoms with Crippen LogP contribution < -0.4 is 33.2 Å². The second-order valence-electron chi connectivity index (χ2n) is 10.1. The molecule has 0 aromatic heterocycles. The summed E-state index contributed by atoms with van der Waals surface area (Å²) >= 11 is 0. The van der Waals surface area contributed by atoms with Gasteiger partial charge in [-0.1, -0.05) is 42.5 Å². The van der Waals surface area contributed by atoms with E-state index in [9.17, 15) is 34.2 Å². The second-order valence-corrected chi connectivity index (χ2v) is 10.1. The quantitative estimate of drug-likeness (QED) is 0.0556. The van der Waals surface area contributed by atoms with E-state index in [-0.39, 0.29) is 56.8 Å². The molecule has 44 heavy (non-hydrogen) atoms. The van der Waals surface area contributed by atoms with Gasteiger partial charge in [-0.3, -0.25) is 24.2 Å². The molecule has 0 spiro atoms. The minimum absolute atomic E-state index is 0.00958. The Morgan fingerprint density at radius 1 is 0.727 bits per heavy atom. The van der Waals surface area contributed by atoms with Crippen LogP contribution in [0.1, 0.15) is 36.8 Å².